The minimum Gasteiger partial charge on any atom is -1.00 e. The van der Waals surface area contributed by atoms with Crippen LogP contribution in [0.5, 0.6) is 0 Å². The van der Waals surface area contributed by atoms with Crippen LogP contribution in [0.2, 0.25) is 0 Å². The summed E-state index contributed by atoms with van der Waals surface area (Å²) in [6.45, 7) is 4.62. The molecule has 5 rings (SSSR count). The standard InChI is InChI=1S/C28H27N2.HI/c1-28(2)23-15-7-10-18-26(23)30(4)27(28)19-11-14-20-21-12-5-8-16-24(21)29(3)25-17-9-6-13-22(20)25;/h5-19H,1-4H3;1H/q+1;/p-1. The highest BCUT2D eigenvalue weighted by Gasteiger charge is 2.37. The van der Waals surface area contributed by atoms with Crippen molar-refractivity contribution in [1.29, 1.82) is 0 Å². The predicted octanol–water partition coefficient (Wildman–Crippen LogP) is 3.15. The Kier molecular flexibility index (Phi) is 5.65. The number of anilines is 1. The van der Waals surface area contributed by atoms with Crippen LogP contribution in [0, 0.1) is 0 Å². The number of pyridine rings is 1. The number of hydrogen-bond donors (Lipinski definition) is 0. The Labute approximate surface area is 201 Å². The Hall–Kier alpha value is -2.66. The fourth-order valence-corrected chi connectivity index (χ4v) is 4.98. The van der Waals surface area contributed by atoms with Gasteiger partial charge < -0.3 is 28.9 Å². The summed E-state index contributed by atoms with van der Waals surface area (Å²) < 4.78 is 2.28. The SMILES string of the molecule is CN1/C(=C\C=C\c2c3ccccc3[n+](C)c3ccccc23)C(C)(C)c2ccccc21.[I-]. The van der Waals surface area contributed by atoms with Gasteiger partial charge in [-0.1, -0.05) is 68.5 Å². The van der Waals surface area contributed by atoms with Gasteiger partial charge in [0, 0.05) is 41.5 Å². The first-order chi connectivity index (χ1) is 14.5. The number of para-hydroxylation sites is 3. The summed E-state index contributed by atoms with van der Waals surface area (Å²) in [6, 6.07) is 26.0. The molecule has 0 saturated carbocycles. The first-order valence-electron chi connectivity index (χ1n) is 10.5. The summed E-state index contributed by atoms with van der Waals surface area (Å²) in [5, 5.41) is 2.55. The number of rotatable bonds is 2. The molecule has 0 unspecified atom stereocenters. The van der Waals surface area contributed by atoms with Crippen molar-refractivity contribution >= 4 is 33.6 Å². The van der Waals surface area contributed by atoms with Gasteiger partial charge in [0.25, 0.3) is 0 Å². The van der Waals surface area contributed by atoms with Crippen molar-refractivity contribution in [1.82, 2.24) is 0 Å². The molecule has 0 aliphatic carbocycles. The van der Waals surface area contributed by atoms with Gasteiger partial charge in [0.05, 0.1) is 10.8 Å². The fourth-order valence-electron chi connectivity index (χ4n) is 4.98. The number of halogens is 1. The molecule has 1 aliphatic rings. The number of hydrogen-bond acceptors (Lipinski definition) is 1. The van der Waals surface area contributed by atoms with E-state index in [9.17, 15) is 0 Å². The third-order valence-electron chi connectivity index (χ3n) is 6.57. The molecule has 31 heavy (non-hydrogen) atoms. The molecule has 0 fully saturated rings. The van der Waals surface area contributed by atoms with E-state index in [0.29, 0.717) is 0 Å². The van der Waals surface area contributed by atoms with E-state index in [1.165, 1.54) is 44.3 Å². The molecule has 0 atom stereocenters. The van der Waals surface area contributed by atoms with Crippen molar-refractivity contribution in [3.8, 4) is 0 Å². The number of nitrogens with zero attached hydrogens (tertiary/aromatic N) is 2. The molecule has 2 nitrogen and oxygen atoms in total. The zero-order valence-electron chi connectivity index (χ0n) is 18.4. The van der Waals surface area contributed by atoms with Crippen molar-refractivity contribution in [2.45, 2.75) is 19.3 Å². The zero-order valence-corrected chi connectivity index (χ0v) is 20.6. The highest BCUT2D eigenvalue weighted by atomic mass is 127. The van der Waals surface area contributed by atoms with Gasteiger partial charge in [0.1, 0.15) is 7.05 Å². The Balaban J connectivity index is 0.00000231. The van der Waals surface area contributed by atoms with Gasteiger partial charge in [0.15, 0.2) is 0 Å². The lowest BCUT2D eigenvalue weighted by Crippen LogP contribution is -3.00. The second kappa shape index (κ2) is 8.12. The van der Waals surface area contributed by atoms with Crippen LogP contribution in [0.25, 0.3) is 27.9 Å². The van der Waals surface area contributed by atoms with Gasteiger partial charge in [-0.25, -0.2) is 0 Å². The first kappa shape index (κ1) is 21.6. The molecule has 0 N–H and O–H groups in total. The normalized spacial score (nSPS) is 16.3. The number of likely N-dealkylation sites (N-methyl/N-ethyl adjacent to an activating group) is 1. The summed E-state index contributed by atoms with van der Waals surface area (Å²) in [7, 11) is 4.31. The molecule has 0 radical (unpaired) electrons. The van der Waals surface area contributed by atoms with Crippen LogP contribution in [0.15, 0.2) is 90.6 Å². The smallest absolute Gasteiger partial charge is 0.213 e. The van der Waals surface area contributed by atoms with Crippen LogP contribution in [0.4, 0.5) is 5.69 Å². The van der Waals surface area contributed by atoms with Crippen molar-refractivity contribution in [2.75, 3.05) is 11.9 Å². The fraction of sp³-hybridized carbons (Fsp3) is 0.179. The number of allylic oxidation sites excluding steroid dienone is 3. The van der Waals surface area contributed by atoms with E-state index in [1.807, 2.05) is 0 Å². The van der Waals surface area contributed by atoms with Crippen LogP contribution < -0.4 is 33.4 Å². The van der Waals surface area contributed by atoms with Crippen molar-refractivity contribution < 1.29 is 28.5 Å². The topological polar surface area (TPSA) is 7.12 Å². The highest BCUT2D eigenvalue weighted by Crippen LogP contribution is 2.46. The summed E-state index contributed by atoms with van der Waals surface area (Å²) in [5.41, 5.74) is 7.74. The average Bonchev–Trinajstić information content (AvgIpc) is 2.96. The lowest BCUT2D eigenvalue weighted by atomic mass is 9.84. The predicted molar refractivity (Wildman–Crippen MR) is 128 cm³/mol. The molecule has 4 aromatic rings. The Morgan fingerprint density at radius 1 is 0.806 bits per heavy atom. The lowest BCUT2D eigenvalue weighted by Gasteiger charge is -2.23. The average molecular weight is 518 g/mol. The minimum absolute atomic E-state index is 0. The Morgan fingerprint density at radius 3 is 1.97 bits per heavy atom. The van der Waals surface area contributed by atoms with E-state index in [2.05, 4.69) is 128 Å². The molecular formula is C28H27IN2. The van der Waals surface area contributed by atoms with Gasteiger partial charge in [-0.2, -0.15) is 4.57 Å². The number of aryl methyl sites for hydroxylation is 1. The van der Waals surface area contributed by atoms with E-state index >= 15 is 0 Å². The number of fused-ring (bicyclic) bond motifs is 3. The summed E-state index contributed by atoms with van der Waals surface area (Å²) in [4.78, 5) is 2.32. The molecule has 2 heterocycles. The Bertz CT molecular complexity index is 1290. The molecule has 3 aromatic carbocycles. The lowest BCUT2D eigenvalue weighted by molar-refractivity contribution is -0.617. The molecule has 0 spiro atoms. The molecule has 0 saturated heterocycles. The van der Waals surface area contributed by atoms with Gasteiger partial charge >= 0.3 is 0 Å². The van der Waals surface area contributed by atoms with Crippen LogP contribution in [-0.4, -0.2) is 7.05 Å². The van der Waals surface area contributed by atoms with Crippen molar-refractivity contribution in [3.63, 3.8) is 0 Å². The molecule has 1 aliphatic heterocycles. The minimum atomic E-state index is -0.0110. The summed E-state index contributed by atoms with van der Waals surface area (Å²) in [5.74, 6) is 0. The monoisotopic (exact) mass is 518 g/mol. The van der Waals surface area contributed by atoms with Crippen LogP contribution >= 0.6 is 0 Å². The molecular weight excluding hydrogens is 491 g/mol. The van der Waals surface area contributed by atoms with Crippen LogP contribution in [-0.2, 0) is 12.5 Å². The second-order valence-corrected chi connectivity index (χ2v) is 8.62. The maximum absolute atomic E-state index is 2.32. The molecule has 1 aromatic heterocycles. The van der Waals surface area contributed by atoms with E-state index in [4.69, 9.17) is 0 Å². The van der Waals surface area contributed by atoms with E-state index in [-0.39, 0.29) is 29.4 Å². The number of aromatic nitrogens is 1. The van der Waals surface area contributed by atoms with Crippen molar-refractivity contribution in [2.24, 2.45) is 7.05 Å². The Morgan fingerprint density at radius 2 is 1.35 bits per heavy atom. The maximum Gasteiger partial charge on any atom is 0.213 e. The molecule has 0 amide bonds. The van der Waals surface area contributed by atoms with E-state index in [1.54, 1.807) is 0 Å². The van der Waals surface area contributed by atoms with Gasteiger partial charge in [-0.15, -0.1) is 0 Å². The number of benzene rings is 3. The zero-order chi connectivity index (χ0) is 20.9. The second-order valence-electron chi connectivity index (χ2n) is 8.62. The third-order valence-corrected chi connectivity index (χ3v) is 6.57. The summed E-state index contributed by atoms with van der Waals surface area (Å²) in [6.07, 6.45) is 6.76. The van der Waals surface area contributed by atoms with E-state index < -0.39 is 0 Å². The summed E-state index contributed by atoms with van der Waals surface area (Å²) >= 11 is 0. The highest BCUT2D eigenvalue weighted by molar-refractivity contribution is 6.00. The van der Waals surface area contributed by atoms with Crippen LogP contribution in [0.3, 0.4) is 0 Å². The first-order valence-corrected chi connectivity index (χ1v) is 10.5. The van der Waals surface area contributed by atoms with E-state index in [0.717, 1.165) is 0 Å². The third kappa shape index (κ3) is 3.35. The van der Waals surface area contributed by atoms with Crippen molar-refractivity contribution in [3.05, 3.63) is 102 Å². The molecule has 156 valence electrons. The maximum atomic E-state index is 2.32. The van der Waals surface area contributed by atoms with Gasteiger partial charge in [0.2, 0.25) is 11.0 Å². The quantitative estimate of drug-likeness (QED) is 0.225. The van der Waals surface area contributed by atoms with Crippen LogP contribution in [0.1, 0.15) is 25.0 Å². The molecule has 3 heteroatoms. The molecule has 0 bridgehead atoms. The largest absolute Gasteiger partial charge is 1.00 e. The van der Waals surface area contributed by atoms with Gasteiger partial charge in [-0.05, 0) is 29.8 Å². The van der Waals surface area contributed by atoms with Gasteiger partial charge in [-0.3, -0.25) is 0 Å².